The SMILES string of the molecule is O=C(Cc1ccc(S(=O)(=O)N2CCCCC2)s1)N1CCN(C2CCCC2)CC1. The van der Waals surface area contributed by atoms with E-state index in [4.69, 9.17) is 0 Å². The van der Waals surface area contributed by atoms with E-state index in [0.717, 1.165) is 56.4 Å². The first-order chi connectivity index (χ1) is 13.5. The molecule has 0 bridgehead atoms. The average Bonchev–Trinajstić information content (AvgIpc) is 3.41. The summed E-state index contributed by atoms with van der Waals surface area (Å²) < 4.78 is 27.5. The van der Waals surface area contributed by atoms with Gasteiger partial charge in [-0.1, -0.05) is 19.3 Å². The van der Waals surface area contributed by atoms with E-state index in [9.17, 15) is 13.2 Å². The molecule has 4 rings (SSSR count). The van der Waals surface area contributed by atoms with Crippen LogP contribution in [0.5, 0.6) is 0 Å². The fourth-order valence-electron chi connectivity index (χ4n) is 4.69. The smallest absolute Gasteiger partial charge is 0.252 e. The van der Waals surface area contributed by atoms with Crippen LogP contribution in [0.2, 0.25) is 0 Å². The fourth-order valence-corrected chi connectivity index (χ4v) is 7.71. The molecule has 28 heavy (non-hydrogen) atoms. The van der Waals surface area contributed by atoms with Gasteiger partial charge in [0.25, 0.3) is 10.0 Å². The number of carbonyl (C=O) groups excluding carboxylic acids is 1. The summed E-state index contributed by atoms with van der Waals surface area (Å²) in [4.78, 5) is 18.1. The van der Waals surface area contributed by atoms with Crippen LogP contribution in [0.15, 0.2) is 16.3 Å². The van der Waals surface area contributed by atoms with Crippen LogP contribution in [0.3, 0.4) is 0 Å². The summed E-state index contributed by atoms with van der Waals surface area (Å²) in [5.41, 5.74) is 0. The topological polar surface area (TPSA) is 60.9 Å². The first kappa shape index (κ1) is 20.3. The molecule has 1 amide bonds. The molecule has 1 saturated carbocycles. The molecule has 6 nitrogen and oxygen atoms in total. The van der Waals surface area contributed by atoms with Gasteiger partial charge in [0.2, 0.25) is 5.91 Å². The fraction of sp³-hybridized carbons (Fsp3) is 0.750. The molecule has 156 valence electrons. The van der Waals surface area contributed by atoms with Gasteiger partial charge in [-0.3, -0.25) is 9.69 Å². The van der Waals surface area contributed by atoms with Gasteiger partial charge >= 0.3 is 0 Å². The number of hydrogen-bond acceptors (Lipinski definition) is 5. The molecule has 1 aromatic rings. The molecule has 0 aromatic carbocycles. The van der Waals surface area contributed by atoms with Crippen LogP contribution in [-0.4, -0.2) is 73.7 Å². The van der Waals surface area contributed by atoms with Crippen molar-refractivity contribution in [2.45, 2.75) is 61.6 Å². The predicted molar refractivity (Wildman–Crippen MR) is 111 cm³/mol. The van der Waals surface area contributed by atoms with Crippen molar-refractivity contribution in [3.8, 4) is 0 Å². The van der Waals surface area contributed by atoms with Gasteiger partial charge in [-0.25, -0.2) is 8.42 Å². The second-order valence-electron chi connectivity index (χ2n) is 8.22. The van der Waals surface area contributed by atoms with Crippen LogP contribution in [-0.2, 0) is 21.2 Å². The van der Waals surface area contributed by atoms with E-state index in [1.165, 1.54) is 37.0 Å². The highest BCUT2D eigenvalue weighted by Crippen LogP contribution is 2.28. The van der Waals surface area contributed by atoms with Gasteiger partial charge < -0.3 is 4.90 Å². The summed E-state index contributed by atoms with van der Waals surface area (Å²) in [6.07, 6.45) is 8.56. The molecule has 0 N–H and O–H groups in total. The Morgan fingerprint density at radius 2 is 1.61 bits per heavy atom. The van der Waals surface area contributed by atoms with E-state index >= 15 is 0 Å². The third kappa shape index (κ3) is 4.45. The summed E-state index contributed by atoms with van der Waals surface area (Å²) in [6, 6.07) is 4.21. The van der Waals surface area contributed by atoms with Gasteiger partial charge in [-0.2, -0.15) is 4.31 Å². The monoisotopic (exact) mass is 425 g/mol. The number of piperidine rings is 1. The second kappa shape index (κ2) is 8.81. The predicted octanol–water partition coefficient (Wildman–Crippen LogP) is 2.55. The van der Waals surface area contributed by atoms with E-state index in [-0.39, 0.29) is 5.91 Å². The van der Waals surface area contributed by atoms with Crippen molar-refractivity contribution in [2.75, 3.05) is 39.3 Å². The zero-order chi connectivity index (χ0) is 19.6. The Bertz CT molecular complexity index is 772. The summed E-state index contributed by atoms with van der Waals surface area (Å²) in [7, 11) is -3.40. The number of rotatable bonds is 5. The highest BCUT2D eigenvalue weighted by Gasteiger charge is 2.29. The first-order valence-corrected chi connectivity index (χ1v) is 12.9. The molecular weight excluding hydrogens is 394 g/mol. The number of piperazine rings is 1. The number of nitrogens with zero attached hydrogens (tertiary/aromatic N) is 3. The number of amides is 1. The van der Waals surface area contributed by atoms with E-state index in [1.54, 1.807) is 10.4 Å². The Labute approximate surface area is 172 Å². The van der Waals surface area contributed by atoms with Gasteiger partial charge in [-0.15, -0.1) is 11.3 Å². The zero-order valence-electron chi connectivity index (χ0n) is 16.5. The summed E-state index contributed by atoms with van der Waals surface area (Å²) in [5, 5.41) is 0. The highest BCUT2D eigenvalue weighted by molar-refractivity contribution is 7.91. The number of sulfonamides is 1. The minimum atomic E-state index is -3.40. The maximum absolute atomic E-state index is 12.8. The molecule has 3 heterocycles. The van der Waals surface area contributed by atoms with Gasteiger partial charge in [0.05, 0.1) is 6.42 Å². The van der Waals surface area contributed by atoms with Crippen LogP contribution < -0.4 is 0 Å². The minimum Gasteiger partial charge on any atom is -0.340 e. The van der Waals surface area contributed by atoms with E-state index in [1.807, 2.05) is 11.0 Å². The second-order valence-corrected chi connectivity index (χ2v) is 11.6. The lowest BCUT2D eigenvalue weighted by Crippen LogP contribution is -2.51. The Hall–Kier alpha value is -0.960. The van der Waals surface area contributed by atoms with Crippen LogP contribution in [0.1, 0.15) is 49.8 Å². The summed E-state index contributed by atoms with van der Waals surface area (Å²) >= 11 is 1.26. The Morgan fingerprint density at radius 1 is 0.929 bits per heavy atom. The van der Waals surface area contributed by atoms with Gasteiger partial charge in [0.15, 0.2) is 0 Å². The standard InChI is InChI=1S/C20H31N3O3S2/c24-19(22-14-12-21(13-15-22)17-6-2-3-7-17)16-18-8-9-20(27-18)28(25,26)23-10-4-1-5-11-23/h8-9,17H,1-7,10-16H2. The van der Waals surface area contributed by atoms with Crippen LogP contribution in [0, 0.1) is 0 Å². The number of hydrogen-bond donors (Lipinski definition) is 0. The van der Waals surface area contributed by atoms with Crippen LogP contribution in [0.4, 0.5) is 0 Å². The van der Waals surface area contributed by atoms with Crippen molar-refractivity contribution in [3.63, 3.8) is 0 Å². The summed E-state index contributed by atoms with van der Waals surface area (Å²) in [5.74, 6) is 0.120. The quantitative estimate of drug-likeness (QED) is 0.727. The maximum atomic E-state index is 12.8. The third-order valence-corrected chi connectivity index (χ3v) is 9.83. The third-order valence-electron chi connectivity index (χ3n) is 6.38. The molecule has 0 radical (unpaired) electrons. The van der Waals surface area contributed by atoms with Crippen LogP contribution >= 0.6 is 11.3 Å². The lowest BCUT2D eigenvalue weighted by atomic mass is 10.1. The van der Waals surface area contributed by atoms with Crippen molar-refractivity contribution in [3.05, 3.63) is 17.0 Å². The van der Waals surface area contributed by atoms with Crippen molar-refractivity contribution in [1.29, 1.82) is 0 Å². The molecule has 1 aromatic heterocycles. The lowest BCUT2D eigenvalue weighted by molar-refractivity contribution is -0.132. The van der Waals surface area contributed by atoms with Crippen molar-refractivity contribution in [1.82, 2.24) is 14.1 Å². The lowest BCUT2D eigenvalue weighted by Gasteiger charge is -2.38. The number of carbonyl (C=O) groups is 1. The average molecular weight is 426 g/mol. The van der Waals surface area contributed by atoms with Crippen molar-refractivity contribution in [2.24, 2.45) is 0 Å². The van der Waals surface area contributed by atoms with Crippen LogP contribution in [0.25, 0.3) is 0 Å². The zero-order valence-corrected chi connectivity index (χ0v) is 18.1. The van der Waals surface area contributed by atoms with Gasteiger partial charge in [0.1, 0.15) is 4.21 Å². The largest absolute Gasteiger partial charge is 0.340 e. The van der Waals surface area contributed by atoms with Gasteiger partial charge in [0, 0.05) is 50.2 Å². The van der Waals surface area contributed by atoms with E-state index in [0.29, 0.717) is 23.7 Å². The van der Waals surface area contributed by atoms with Crippen molar-refractivity contribution >= 4 is 27.3 Å². The van der Waals surface area contributed by atoms with E-state index in [2.05, 4.69) is 4.90 Å². The minimum absolute atomic E-state index is 0.120. The molecular formula is C20H31N3O3S2. The highest BCUT2D eigenvalue weighted by atomic mass is 32.2. The Balaban J connectivity index is 1.32. The molecule has 2 saturated heterocycles. The molecule has 0 unspecified atom stereocenters. The molecule has 3 aliphatic rings. The Kier molecular flexibility index (Phi) is 6.40. The molecule has 2 aliphatic heterocycles. The molecule has 1 aliphatic carbocycles. The summed E-state index contributed by atoms with van der Waals surface area (Å²) in [6.45, 7) is 4.74. The molecule has 3 fully saturated rings. The Morgan fingerprint density at radius 3 is 2.29 bits per heavy atom. The molecule has 0 atom stereocenters. The number of thiophene rings is 1. The molecule has 0 spiro atoms. The van der Waals surface area contributed by atoms with E-state index < -0.39 is 10.0 Å². The first-order valence-electron chi connectivity index (χ1n) is 10.6. The normalized spacial score (nSPS) is 23.4. The maximum Gasteiger partial charge on any atom is 0.252 e. The van der Waals surface area contributed by atoms with Gasteiger partial charge in [-0.05, 0) is 37.8 Å². The van der Waals surface area contributed by atoms with Crippen molar-refractivity contribution < 1.29 is 13.2 Å². The molecule has 8 heteroatoms.